The molecule has 2 aromatic carbocycles. The second kappa shape index (κ2) is 4.77. The van der Waals surface area contributed by atoms with Crippen LogP contribution in [0, 0.1) is 5.41 Å². The minimum atomic E-state index is 0.162. The summed E-state index contributed by atoms with van der Waals surface area (Å²) in [5.41, 5.74) is 2.14. The molecule has 1 saturated carbocycles. The molecular weight excluding hydrogens is 278 g/mol. The number of nitrogens with zero attached hydrogens (tertiary/aromatic N) is 1. The largest absolute Gasteiger partial charge is 0.307 e. The molecule has 1 fully saturated rings. The van der Waals surface area contributed by atoms with Gasteiger partial charge in [-0.05, 0) is 41.5 Å². The van der Waals surface area contributed by atoms with Crippen LogP contribution in [0.3, 0.4) is 0 Å². The van der Waals surface area contributed by atoms with Gasteiger partial charge in [0.15, 0.2) is 0 Å². The average Bonchev–Trinajstić information content (AvgIpc) is 3.09. The molecule has 2 aliphatic rings. The summed E-state index contributed by atoms with van der Waals surface area (Å²) in [6, 6.07) is 12.2. The molecule has 4 rings (SSSR count). The van der Waals surface area contributed by atoms with Gasteiger partial charge in [-0.3, -0.25) is 4.79 Å². The van der Waals surface area contributed by atoms with Crippen molar-refractivity contribution in [3.63, 3.8) is 0 Å². The lowest BCUT2D eigenvalue weighted by atomic mass is 9.88. The first kappa shape index (κ1) is 13.2. The van der Waals surface area contributed by atoms with Crippen molar-refractivity contribution in [3.05, 3.63) is 42.0 Å². The lowest BCUT2D eigenvalue weighted by Gasteiger charge is -2.32. The van der Waals surface area contributed by atoms with E-state index in [0.717, 1.165) is 34.3 Å². The summed E-state index contributed by atoms with van der Waals surface area (Å²) in [4.78, 5) is 14.8. The Morgan fingerprint density at radius 2 is 1.81 bits per heavy atom. The van der Waals surface area contributed by atoms with Gasteiger partial charge in [0.1, 0.15) is 0 Å². The Hall–Kier alpha value is -1.48. The van der Waals surface area contributed by atoms with E-state index in [9.17, 15) is 4.79 Å². The van der Waals surface area contributed by atoms with Gasteiger partial charge in [0, 0.05) is 17.5 Å². The van der Waals surface area contributed by atoms with E-state index >= 15 is 0 Å². The highest BCUT2D eigenvalue weighted by atomic mass is 32.1. The summed E-state index contributed by atoms with van der Waals surface area (Å²) in [7, 11) is 0. The minimum absolute atomic E-state index is 0.162. The van der Waals surface area contributed by atoms with Crippen molar-refractivity contribution in [1.82, 2.24) is 0 Å². The Balaban J connectivity index is 1.79. The van der Waals surface area contributed by atoms with E-state index in [1.54, 1.807) is 0 Å². The first-order valence-corrected chi connectivity index (χ1v) is 8.32. The van der Waals surface area contributed by atoms with E-state index < -0.39 is 0 Å². The topological polar surface area (TPSA) is 20.3 Å². The molecule has 1 aliphatic carbocycles. The Morgan fingerprint density at radius 1 is 1.10 bits per heavy atom. The van der Waals surface area contributed by atoms with Crippen LogP contribution in [0.1, 0.15) is 36.0 Å². The van der Waals surface area contributed by atoms with Gasteiger partial charge >= 0.3 is 0 Å². The lowest BCUT2D eigenvalue weighted by molar-refractivity contribution is 0.0982. The maximum Gasteiger partial charge on any atom is 0.259 e. The van der Waals surface area contributed by atoms with Crippen molar-refractivity contribution >= 4 is 35.0 Å². The van der Waals surface area contributed by atoms with E-state index in [4.69, 9.17) is 0 Å². The number of amides is 1. The van der Waals surface area contributed by atoms with Crippen molar-refractivity contribution in [2.45, 2.75) is 25.7 Å². The molecule has 108 valence electrons. The van der Waals surface area contributed by atoms with Crippen molar-refractivity contribution in [3.8, 4) is 0 Å². The van der Waals surface area contributed by atoms with Gasteiger partial charge in [0.2, 0.25) is 0 Å². The van der Waals surface area contributed by atoms with Gasteiger partial charge in [0.05, 0.1) is 5.69 Å². The number of benzene rings is 2. The molecule has 1 amide bonds. The first-order valence-electron chi connectivity index (χ1n) is 7.69. The second-order valence-electron chi connectivity index (χ2n) is 6.44. The predicted molar refractivity (Wildman–Crippen MR) is 90.4 cm³/mol. The zero-order valence-electron chi connectivity index (χ0n) is 12.0. The number of hydrogen-bond donors (Lipinski definition) is 1. The minimum Gasteiger partial charge on any atom is -0.307 e. The van der Waals surface area contributed by atoms with Crippen LogP contribution in [0.15, 0.2) is 36.4 Å². The van der Waals surface area contributed by atoms with Crippen LogP contribution in [0.5, 0.6) is 0 Å². The molecule has 0 atom stereocenters. The van der Waals surface area contributed by atoms with Gasteiger partial charge < -0.3 is 4.90 Å². The van der Waals surface area contributed by atoms with E-state index in [1.807, 2.05) is 17.0 Å². The molecule has 1 heterocycles. The third kappa shape index (κ3) is 1.90. The second-order valence-corrected chi connectivity index (χ2v) is 6.75. The molecule has 0 spiro atoms. The van der Waals surface area contributed by atoms with Crippen LogP contribution in [-0.2, 0) is 0 Å². The summed E-state index contributed by atoms with van der Waals surface area (Å²) in [6.45, 7) is 0.809. The van der Waals surface area contributed by atoms with Crippen molar-refractivity contribution in [2.75, 3.05) is 17.2 Å². The van der Waals surface area contributed by atoms with Crippen LogP contribution in [0.2, 0.25) is 0 Å². The van der Waals surface area contributed by atoms with Crippen molar-refractivity contribution in [1.29, 1.82) is 0 Å². The lowest BCUT2D eigenvalue weighted by Crippen LogP contribution is -2.39. The summed E-state index contributed by atoms with van der Waals surface area (Å²) in [6.07, 6.45) is 4.90. The Kier molecular flexibility index (Phi) is 3.00. The van der Waals surface area contributed by atoms with Gasteiger partial charge in [-0.25, -0.2) is 0 Å². The van der Waals surface area contributed by atoms with Gasteiger partial charge in [0.25, 0.3) is 5.91 Å². The molecule has 21 heavy (non-hydrogen) atoms. The number of carbonyl (C=O) groups excluding carboxylic acids is 1. The SMILES string of the molecule is O=C1c2cccc3cccc(c23)N1CC1(CS)CCCC1. The van der Waals surface area contributed by atoms with Crippen molar-refractivity contribution in [2.24, 2.45) is 5.41 Å². The standard InChI is InChI=1S/C18H19NOS/c20-17-14-7-3-5-13-6-4-8-15(16(13)14)19(17)11-18(12-21)9-1-2-10-18/h3-8,21H,1-2,9-12H2. The number of carbonyl (C=O) groups is 1. The fourth-order valence-corrected chi connectivity index (χ4v) is 4.38. The highest BCUT2D eigenvalue weighted by molar-refractivity contribution is 7.80. The van der Waals surface area contributed by atoms with E-state index in [0.29, 0.717) is 0 Å². The van der Waals surface area contributed by atoms with Crippen LogP contribution in [0.25, 0.3) is 10.8 Å². The summed E-state index contributed by atoms with van der Waals surface area (Å²) < 4.78 is 0. The Labute approximate surface area is 130 Å². The summed E-state index contributed by atoms with van der Waals surface area (Å²) >= 11 is 4.59. The molecule has 0 saturated heterocycles. The third-order valence-corrected chi connectivity index (χ3v) is 5.81. The fraction of sp³-hybridized carbons (Fsp3) is 0.389. The maximum atomic E-state index is 12.8. The van der Waals surface area contributed by atoms with Gasteiger partial charge in [-0.15, -0.1) is 0 Å². The number of hydrogen-bond acceptors (Lipinski definition) is 2. The smallest absolute Gasteiger partial charge is 0.259 e. The maximum absolute atomic E-state index is 12.8. The summed E-state index contributed by atoms with van der Waals surface area (Å²) in [5.74, 6) is 1.03. The monoisotopic (exact) mass is 297 g/mol. The van der Waals surface area contributed by atoms with Crippen LogP contribution >= 0.6 is 12.6 Å². The van der Waals surface area contributed by atoms with E-state index in [1.165, 1.54) is 25.7 Å². The molecule has 0 aromatic heterocycles. The highest BCUT2D eigenvalue weighted by Crippen LogP contribution is 2.44. The van der Waals surface area contributed by atoms with Gasteiger partial charge in [-0.2, -0.15) is 12.6 Å². The Bertz CT molecular complexity index is 713. The molecule has 3 heteroatoms. The van der Waals surface area contributed by atoms with E-state index in [-0.39, 0.29) is 11.3 Å². The van der Waals surface area contributed by atoms with E-state index in [2.05, 4.69) is 36.9 Å². The van der Waals surface area contributed by atoms with Crippen LogP contribution in [0.4, 0.5) is 5.69 Å². The molecule has 0 N–H and O–H groups in total. The Morgan fingerprint density at radius 3 is 2.52 bits per heavy atom. The molecule has 0 unspecified atom stereocenters. The van der Waals surface area contributed by atoms with Crippen molar-refractivity contribution < 1.29 is 4.79 Å². The molecule has 0 radical (unpaired) electrons. The predicted octanol–water partition coefficient (Wildman–Crippen LogP) is 4.29. The van der Waals surface area contributed by atoms with Crippen LogP contribution < -0.4 is 4.90 Å². The average molecular weight is 297 g/mol. The fourth-order valence-electron chi connectivity index (χ4n) is 3.96. The van der Waals surface area contributed by atoms with Gasteiger partial charge in [-0.1, -0.05) is 37.1 Å². The normalized spacial score (nSPS) is 19.7. The summed E-state index contributed by atoms with van der Waals surface area (Å²) in [5, 5.41) is 2.28. The first-order chi connectivity index (χ1) is 10.2. The third-order valence-electron chi connectivity index (χ3n) is 5.14. The highest BCUT2D eigenvalue weighted by Gasteiger charge is 2.39. The molecule has 2 aromatic rings. The molecule has 0 bridgehead atoms. The zero-order valence-corrected chi connectivity index (χ0v) is 12.9. The molecule has 1 aliphatic heterocycles. The molecular formula is C18H19NOS. The number of anilines is 1. The molecule has 2 nitrogen and oxygen atoms in total. The quantitative estimate of drug-likeness (QED) is 0.838. The van der Waals surface area contributed by atoms with Crippen LogP contribution in [-0.4, -0.2) is 18.2 Å². The number of thiol groups is 1. The zero-order chi connectivity index (χ0) is 14.4. The number of rotatable bonds is 3.